The van der Waals surface area contributed by atoms with Gasteiger partial charge in [0.2, 0.25) is 0 Å². The monoisotopic (exact) mass is 170 g/mol. The lowest BCUT2D eigenvalue weighted by Crippen LogP contribution is -2.12. The van der Waals surface area contributed by atoms with Crippen LogP contribution in [0.5, 0.6) is 0 Å². The van der Waals surface area contributed by atoms with Gasteiger partial charge in [0.15, 0.2) is 0 Å². The van der Waals surface area contributed by atoms with Crippen LogP contribution in [-0.2, 0) is 6.54 Å². The Morgan fingerprint density at radius 2 is 2.15 bits per heavy atom. The summed E-state index contributed by atoms with van der Waals surface area (Å²) in [5, 5.41) is 4.51. The summed E-state index contributed by atoms with van der Waals surface area (Å²) in [4.78, 5) is 0. The molecule has 0 fully saturated rings. The van der Waals surface area contributed by atoms with Gasteiger partial charge < -0.3 is 9.88 Å². The van der Waals surface area contributed by atoms with Crippen molar-refractivity contribution in [3.8, 4) is 0 Å². The third-order valence-electron chi connectivity index (χ3n) is 2.45. The van der Waals surface area contributed by atoms with Gasteiger partial charge in [-0.2, -0.15) is 0 Å². The second-order valence-corrected chi connectivity index (χ2v) is 3.26. The van der Waals surface area contributed by atoms with Crippen LogP contribution >= 0.6 is 0 Å². The van der Waals surface area contributed by atoms with Crippen LogP contribution in [0.4, 0.5) is 0 Å². The first-order valence-electron chi connectivity index (χ1n) is 4.44. The lowest BCUT2D eigenvalue weighted by atomic mass is 10.2. The first kappa shape index (κ1) is 6.78. The van der Waals surface area contributed by atoms with Crippen LogP contribution in [0.1, 0.15) is 5.69 Å². The molecule has 0 bridgehead atoms. The average molecular weight is 170 g/mol. The molecule has 0 aliphatic carbocycles. The van der Waals surface area contributed by atoms with Crippen LogP contribution in [-0.4, -0.2) is 4.57 Å². The van der Waals surface area contributed by atoms with E-state index in [4.69, 9.17) is 0 Å². The number of benzene rings is 1. The smallest absolute Gasteiger partial charge is 0.0552 e. The highest BCUT2D eigenvalue weighted by Crippen LogP contribution is 2.21. The summed E-state index contributed by atoms with van der Waals surface area (Å²) in [6.07, 6.45) is 4.06. The Balaban J connectivity index is 2.42. The molecule has 2 aromatic rings. The number of para-hydroxylation sites is 1. The van der Waals surface area contributed by atoms with E-state index >= 15 is 0 Å². The second kappa shape index (κ2) is 2.39. The molecule has 2 nitrogen and oxygen atoms in total. The first-order chi connectivity index (χ1) is 6.45. The van der Waals surface area contributed by atoms with Crippen molar-refractivity contribution in [2.45, 2.75) is 6.54 Å². The molecule has 0 amide bonds. The van der Waals surface area contributed by atoms with E-state index in [0.29, 0.717) is 0 Å². The molecule has 1 aromatic heterocycles. The number of hydrogen-bond donors (Lipinski definition) is 1. The summed E-state index contributed by atoms with van der Waals surface area (Å²) >= 11 is 0. The summed E-state index contributed by atoms with van der Waals surface area (Å²) in [5.74, 6) is 0. The van der Waals surface area contributed by atoms with Gasteiger partial charge in [-0.05, 0) is 12.1 Å². The van der Waals surface area contributed by atoms with E-state index in [0.717, 1.165) is 6.54 Å². The molecule has 0 unspecified atom stereocenters. The molecule has 1 aromatic carbocycles. The van der Waals surface area contributed by atoms with Crippen LogP contribution in [0, 0.1) is 0 Å². The van der Waals surface area contributed by atoms with Crippen LogP contribution < -0.4 is 5.32 Å². The van der Waals surface area contributed by atoms with Crippen molar-refractivity contribution in [1.82, 2.24) is 9.88 Å². The molecule has 2 heteroatoms. The number of rotatable bonds is 0. The third kappa shape index (κ3) is 0.886. The van der Waals surface area contributed by atoms with Crippen molar-refractivity contribution in [1.29, 1.82) is 0 Å². The quantitative estimate of drug-likeness (QED) is 0.641. The number of nitrogens with one attached hydrogen (secondary N) is 1. The molecule has 2 heterocycles. The number of nitrogens with zero attached hydrogens (tertiary/aromatic N) is 1. The maximum Gasteiger partial charge on any atom is 0.0552 e. The van der Waals surface area contributed by atoms with Gasteiger partial charge in [0, 0.05) is 23.5 Å². The molecule has 3 rings (SSSR count). The van der Waals surface area contributed by atoms with E-state index in [-0.39, 0.29) is 0 Å². The van der Waals surface area contributed by atoms with E-state index in [9.17, 15) is 0 Å². The third-order valence-corrected chi connectivity index (χ3v) is 2.45. The Bertz CT molecular complexity index is 480. The van der Waals surface area contributed by atoms with Gasteiger partial charge >= 0.3 is 0 Å². The highest BCUT2D eigenvalue weighted by molar-refractivity contribution is 5.83. The van der Waals surface area contributed by atoms with Gasteiger partial charge in [0.1, 0.15) is 0 Å². The Hall–Kier alpha value is -1.70. The van der Waals surface area contributed by atoms with Gasteiger partial charge in [-0.1, -0.05) is 18.2 Å². The molecular weight excluding hydrogens is 160 g/mol. The fraction of sp³-hybridized carbons (Fsp3) is 0.0909. The zero-order chi connectivity index (χ0) is 8.67. The number of hydrogen-bond acceptors (Lipinski definition) is 1. The highest BCUT2D eigenvalue weighted by atomic mass is 15.0. The molecule has 64 valence electrons. The minimum atomic E-state index is 0.922. The van der Waals surface area contributed by atoms with Gasteiger partial charge in [0.25, 0.3) is 0 Å². The van der Waals surface area contributed by atoms with E-state index < -0.39 is 0 Å². The Morgan fingerprint density at radius 3 is 3.15 bits per heavy atom. The lowest BCUT2D eigenvalue weighted by molar-refractivity contribution is 0.797. The topological polar surface area (TPSA) is 17.0 Å². The van der Waals surface area contributed by atoms with Crippen molar-refractivity contribution < 1.29 is 0 Å². The predicted octanol–water partition coefficient (Wildman–Crippen LogP) is 2.17. The first-order valence-corrected chi connectivity index (χ1v) is 4.44. The minimum Gasteiger partial charge on any atom is -0.384 e. The predicted molar refractivity (Wildman–Crippen MR) is 54.1 cm³/mol. The van der Waals surface area contributed by atoms with Crippen LogP contribution in [0.2, 0.25) is 0 Å². The Morgan fingerprint density at radius 1 is 1.23 bits per heavy atom. The van der Waals surface area contributed by atoms with Crippen LogP contribution in [0.25, 0.3) is 17.1 Å². The molecule has 13 heavy (non-hydrogen) atoms. The summed E-state index contributed by atoms with van der Waals surface area (Å²) in [5.41, 5.74) is 2.61. The lowest BCUT2D eigenvalue weighted by Gasteiger charge is -2.10. The molecule has 0 saturated heterocycles. The van der Waals surface area contributed by atoms with Crippen molar-refractivity contribution >= 4 is 17.1 Å². The molecule has 1 aliphatic heterocycles. The number of aromatic nitrogens is 1. The standard InChI is InChI=1S/C11H10N2/c1-2-4-11-9(3-1)7-10-8-12-5-6-13(10)11/h1-7,12H,8H2. The molecular formula is C11H10N2. The molecule has 1 N–H and O–H groups in total. The fourth-order valence-corrected chi connectivity index (χ4v) is 1.84. The van der Waals surface area contributed by atoms with Gasteiger partial charge in [-0.15, -0.1) is 0 Å². The molecule has 0 radical (unpaired) electrons. The van der Waals surface area contributed by atoms with Gasteiger partial charge in [-0.25, -0.2) is 0 Å². The Labute approximate surface area is 76.5 Å². The molecule has 0 spiro atoms. The largest absolute Gasteiger partial charge is 0.384 e. The van der Waals surface area contributed by atoms with E-state index in [1.54, 1.807) is 0 Å². The average Bonchev–Trinajstić information content (AvgIpc) is 2.56. The number of fused-ring (bicyclic) bond motifs is 3. The zero-order valence-corrected chi connectivity index (χ0v) is 7.20. The second-order valence-electron chi connectivity index (χ2n) is 3.26. The Kier molecular flexibility index (Phi) is 1.25. The summed E-state index contributed by atoms with van der Waals surface area (Å²) in [7, 11) is 0. The van der Waals surface area contributed by atoms with Crippen molar-refractivity contribution in [3.05, 3.63) is 42.2 Å². The summed E-state index contributed by atoms with van der Waals surface area (Å²) in [6.45, 7) is 0.922. The SMILES string of the molecule is C1=Cn2c(cc3ccccc32)CN1. The normalized spacial score (nSPS) is 14.2. The molecule has 0 atom stereocenters. The van der Waals surface area contributed by atoms with Crippen molar-refractivity contribution in [3.63, 3.8) is 0 Å². The van der Waals surface area contributed by atoms with E-state index in [1.165, 1.54) is 16.6 Å². The van der Waals surface area contributed by atoms with Crippen molar-refractivity contribution in [2.24, 2.45) is 0 Å². The van der Waals surface area contributed by atoms with Gasteiger partial charge in [-0.3, -0.25) is 0 Å². The molecule has 0 saturated carbocycles. The van der Waals surface area contributed by atoms with Crippen molar-refractivity contribution in [2.75, 3.05) is 0 Å². The summed E-state index contributed by atoms with van der Waals surface area (Å²) in [6, 6.07) is 10.7. The fourth-order valence-electron chi connectivity index (χ4n) is 1.84. The zero-order valence-electron chi connectivity index (χ0n) is 7.20. The van der Waals surface area contributed by atoms with Crippen LogP contribution in [0.3, 0.4) is 0 Å². The van der Waals surface area contributed by atoms with Gasteiger partial charge in [0.05, 0.1) is 12.1 Å². The molecule has 1 aliphatic rings. The maximum absolute atomic E-state index is 3.20. The van der Waals surface area contributed by atoms with Crippen LogP contribution in [0.15, 0.2) is 36.5 Å². The maximum atomic E-state index is 3.20. The summed E-state index contributed by atoms with van der Waals surface area (Å²) < 4.78 is 2.23. The van der Waals surface area contributed by atoms with E-state index in [2.05, 4.69) is 46.4 Å². The minimum absolute atomic E-state index is 0.922. The van der Waals surface area contributed by atoms with E-state index in [1.807, 2.05) is 6.20 Å². The highest BCUT2D eigenvalue weighted by Gasteiger charge is 2.07.